The van der Waals surface area contributed by atoms with Crippen LogP contribution < -0.4 is 15.8 Å². The molecule has 25 heavy (non-hydrogen) atoms. The van der Waals surface area contributed by atoms with Gasteiger partial charge in [0.1, 0.15) is 12.6 Å². The van der Waals surface area contributed by atoms with Gasteiger partial charge in [-0.15, -0.1) is 0 Å². The quantitative estimate of drug-likeness (QED) is 0.680. The van der Waals surface area contributed by atoms with Crippen LogP contribution in [0.5, 0.6) is 0 Å². The molecule has 7 nitrogen and oxygen atoms in total. The number of hydrogen-bond acceptors (Lipinski definition) is 5. The normalized spacial score (nSPS) is 21.3. The number of hydrogen-bond donors (Lipinski definition) is 3. The van der Waals surface area contributed by atoms with Gasteiger partial charge in [0, 0.05) is 12.2 Å². The molecule has 1 amide bonds. The molecule has 140 valence electrons. The molecule has 11 heteroatoms. The predicted octanol–water partition coefficient (Wildman–Crippen LogP) is 0.972. The number of ether oxygens (including phenoxy) is 1. The summed E-state index contributed by atoms with van der Waals surface area (Å²) in [6, 6.07) is 4.78. The van der Waals surface area contributed by atoms with Crippen LogP contribution in [0.15, 0.2) is 29.2 Å². The lowest BCUT2D eigenvalue weighted by molar-refractivity contribution is -0.126. The van der Waals surface area contributed by atoms with Crippen molar-refractivity contribution in [2.45, 2.75) is 36.1 Å². The summed E-state index contributed by atoms with van der Waals surface area (Å²) in [7, 11) is -4.29. The van der Waals surface area contributed by atoms with Crippen LogP contribution in [0.2, 0.25) is 0 Å². The summed E-state index contributed by atoms with van der Waals surface area (Å²) in [4.78, 5) is 11.7. The Bertz CT molecular complexity index is 707. The maximum absolute atomic E-state index is 12.1. The first kappa shape index (κ1) is 19.6. The number of nitrogens with two attached hydrogens (primary N) is 1. The highest BCUT2D eigenvalue weighted by Crippen LogP contribution is 2.21. The molecule has 4 N–H and O–H groups in total. The molecule has 0 unspecified atom stereocenters. The van der Waals surface area contributed by atoms with Crippen molar-refractivity contribution < 1.29 is 31.1 Å². The zero-order valence-electron chi connectivity index (χ0n) is 13.0. The van der Waals surface area contributed by atoms with Gasteiger partial charge < -0.3 is 15.8 Å². The fourth-order valence-electron chi connectivity index (χ4n) is 2.27. The van der Waals surface area contributed by atoms with Crippen molar-refractivity contribution in [2.24, 2.45) is 5.73 Å². The van der Waals surface area contributed by atoms with E-state index in [0.29, 0.717) is 25.1 Å². The second-order valence-corrected chi connectivity index (χ2v) is 7.28. The molecule has 0 spiro atoms. The molecule has 1 saturated heterocycles. The predicted molar refractivity (Wildman–Crippen MR) is 83.3 cm³/mol. The summed E-state index contributed by atoms with van der Waals surface area (Å²) < 4.78 is 66.8. The average Bonchev–Trinajstić information content (AvgIpc) is 3.02. The lowest BCUT2D eigenvalue weighted by atomic mass is 10.2. The lowest BCUT2D eigenvalue weighted by Gasteiger charge is -2.13. The Balaban J connectivity index is 1.96. The number of nitrogens with one attached hydrogen (secondary N) is 2. The van der Waals surface area contributed by atoms with E-state index in [-0.39, 0.29) is 16.9 Å². The molecule has 0 radical (unpaired) electrons. The van der Waals surface area contributed by atoms with E-state index in [4.69, 9.17) is 10.5 Å². The molecular weight excluding hydrogens is 363 g/mol. The minimum atomic E-state index is -4.65. The molecule has 2 atom stereocenters. The number of carbonyl (C=O) groups is 1. The Morgan fingerprint density at radius 1 is 1.24 bits per heavy atom. The molecular formula is C14H18F3N3O4S. The molecule has 0 aliphatic carbocycles. The summed E-state index contributed by atoms with van der Waals surface area (Å²) in [5.74, 6) is -0.387. The summed E-state index contributed by atoms with van der Waals surface area (Å²) in [5.41, 5.74) is 5.77. The summed E-state index contributed by atoms with van der Waals surface area (Å²) in [6.07, 6.45) is -4.24. The van der Waals surface area contributed by atoms with E-state index in [9.17, 15) is 26.4 Å². The van der Waals surface area contributed by atoms with Gasteiger partial charge in [-0.1, -0.05) is 0 Å². The zero-order valence-corrected chi connectivity index (χ0v) is 13.9. The SMILES string of the molecule is NC[C@H]1CC[C@@H](C(=O)Nc2ccc(S(=O)(=O)NCC(F)(F)F)cc2)O1. The van der Waals surface area contributed by atoms with Crippen LogP contribution in [0.1, 0.15) is 12.8 Å². The van der Waals surface area contributed by atoms with E-state index < -0.39 is 28.8 Å². The first-order valence-electron chi connectivity index (χ1n) is 7.43. The van der Waals surface area contributed by atoms with Gasteiger partial charge in [0.15, 0.2) is 0 Å². The Kier molecular flexibility index (Phi) is 6.03. The van der Waals surface area contributed by atoms with Gasteiger partial charge in [-0.2, -0.15) is 13.2 Å². The maximum Gasteiger partial charge on any atom is 0.402 e. The van der Waals surface area contributed by atoms with Crippen LogP contribution in [0.25, 0.3) is 0 Å². The van der Waals surface area contributed by atoms with Gasteiger partial charge in [-0.05, 0) is 37.1 Å². The minimum absolute atomic E-state index is 0.164. The number of carbonyl (C=O) groups excluding carboxylic acids is 1. The molecule has 0 saturated carbocycles. The van der Waals surface area contributed by atoms with Crippen LogP contribution in [0, 0.1) is 0 Å². The van der Waals surface area contributed by atoms with E-state index in [1.165, 1.54) is 16.9 Å². The number of halogens is 3. The van der Waals surface area contributed by atoms with Crippen molar-refractivity contribution in [3.8, 4) is 0 Å². The smallest absolute Gasteiger partial charge is 0.364 e. The zero-order chi connectivity index (χ0) is 18.7. The second kappa shape index (κ2) is 7.68. The first-order chi connectivity index (χ1) is 11.6. The van der Waals surface area contributed by atoms with E-state index in [0.717, 1.165) is 12.1 Å². The van der Waals surface area contributed by atoms with Crippen LogP contribution in [0.3, 0.4) is 0 Å². The van der Waals surface area contributed by atoms with E-state index in [1.54, 1.807) is 0 Å². The number of alkyl halides is 3. The van der Waals surface area contributed by atoms with Gasteiger partial charge in [-0.3, -0.25) is 4.79 Å². The molecule has 2 rings (SSSR count). The molecule has 1 aliphatic rings. The standard InChI is InChI=1S/C14H18F3N3O4S/c15-14(16,17)8-19-25(22,23)11-4-1-9(2-5-11)20-13(21)12-6-3-10(7-18)24-12/h1-2,4-5,10,12,19H,3,6-8,18H2,(H,20,21)/t10-,12+/m1/s1. The van der Waals surface area contributed by atoms with Crippen molar-refractivity contribution in [2.75, 3.05) is 18.4 Å². The van der Waals surface area contributed by atoms with Crippen molar-refractivity contribution >= 4 is 21.6 Å². The molecule has 1 aromatic rings. The summed E-state index contributed by atoms with van der Waals surface area (Å²) in [5, 5.41) is 2.56. The molecule has 1 aliphatic heterocycles. The average molecular weight is 381 g/mol. The van der Waals surface area contributed by atoms with Gasteiger partial charge in [-0.25, -0.2) is 13.1 Å². The molecule has 1 fully saturated rings. The Hall–Kier alpha value is -1.69. The van der Waals surface area contributed by atoms with Crippen LogP contribution >= 0.6 is 0 Å². The van der Waals surface area contributed by atoms with Crippen molar-refractivity contribution in [1.29, 1.82) is 0 Å². The highest BCUT2D eigenvalue weighted by atomic mass is 32.2. The Morgan fingerprint density at radius 3 is 2.40 bits per heavy atom. The van der Waals surface area contributed by atoms with Gasteiger partial charge in [0.2, 0.25) is 10.0 Å². The van der Waals surface area contributed by atoms with Crippen LogP contribution in [0.4, 0.5) is 18.9 Å². The monoisotopic (exact) mass is 381 g/mol. The second-order valence-electron chi connectivity index (χ2n) is 5.51. The third kappa shape index (κ3) is 5.66. The summed E-state index contributed by atoms with van der Waals surface area (Å²) >= 11 is 0. The fourth-order valence-corrected chi connectivity index (χ4v) is 3.29. The largest absolute Gasteiger partial charge is 0.402 e. The van der Waals surface area contributed by atoms with Crippen molar-refractivity contribution in [3.63, 3.8) is 0 Å². The number of sulfonamides is 1. The van der Waals surface area contributed by atoms with Crippen molar-refractivity contribution in [1.82, 2.24) is 4.72 Å². The Labute approximate surface area is 142 Å². The van der Waals surface area contributed by atoms with Crippen LogP contribution in [-0.4, -0.2) is 45.8 Å². The number of rotatable bonds is 6. The third-order valence-electron chi connectivity index (χ3n) is 3.56. The van der Waals surface area contributed by atoms with Crippen molar-refractivity contribution in [3.05, 3.63) is 24.3 Å². The minimum Gasteiger partial charge on any atom is -0.364 e. The Morgan fingerprint density at radius 2 is 1.88 bits per heavy atom. The highest BCUT2D eigenvalue weighted by Gasteiger charge is 2.31. The first-order valence-corrected chi connectivity index (χ1v) is 8.92. The highest BCUT2D eigenvalue weighted by molar-refractivity contribution is 7.89. The fraction of sp³-hybridized carbons (Fsp3) is 0.500. The van der Waals surface area contributed by atoms with E-state index >= 15 is 0 Å². The lowest BCUT2D eigenvalue weighted by Crippen LogP contribution is -2.33. The molecule has 0 aromatic heterocycles. The summed E-state index contributed by atoms with van der Waals surface area (Å²) in [6.45, 7) is -1.34. The topological polar surface area (TPSA) is 111 Å². The van der Waals surface area contributed by atoms with Gasteiger partial charge >= 0.3 is 6.18 Å². The molecule has 1 heterocycles. The number of benzene rings is 1. The molecule has 0 bridgehead atoms. The molecule has 1 aromatic carbocycles. The maximum atomic E-state index is 12.1. The number of anilines is 1. The van der Waals surface area contributed by atoms with Gasteiger partial charge in [0.05, 0.1) is 11.0 Å². The van der Waals surface area contributed by atoms with Gasteiger partial charge in [0.25, 0.3) is 5.91 Å². The third-order valence-corrected chi connectivity index (χ3v) is 4.97. The van der Waals surface area contributed by atoms with E-state index in [1.807, 2.05) is 0 Å². The van der Waals surface area contributed by atoms with E-state index in [2.05, 4.69) is 5.32 Å². The number of amides is 1. The van der Waals surface area contributed by atoms with Crippen LogP contribution in [-0.2, 0) is 19.6 Å².